The van der Waals surface area contributed by atoms with Crippen molar-refractivity contribution in [3.63, 3.8) is 0 Å². The molecular formula is CBr2N4. The Morgan fingerprint density at radius 1 is 1.00 bits per heavy atom. The standard InChI is InChI=1S/CBr2N4/c2-1(3)4-6-7-5-1. The van der Waals surface area contributed by atoms with Gasteiger partial charge in [0.15, 0.2) is 0 Å². The Morgan fingerprint density at radius 3 is 1.57 bits per heavy atom. The number of hydrogen-bond donors (Lipinski definition) is 0. The van der Waals surface area contributed by atoms with Crippen LogP contribution in [0.2, 0.25) is 0 Å². The molecule has 0 saturated carbocycles. The van der Waals surface area contributed by atoms with Gasteiger partial charge in [0, 0.05) is 0 Å². The molecule has 0 atom stereocenters. The summed E-state index contributed by atoms with van der Waals surface area (Å²) in [5.74, 6) is 0. The lowest BCUT2D eigenvalue weighted by atomic mass is 11.2. The van der Waals surface area contributed by atoms with Crippen LogP contribution in [0.4, 0.5) is 0 Å². The molecule has 4 nitrogen and oxygen atoms in total. The molecule has 0 radical (unpaired) electrons. The maximum atomic E-state index is 3.49. The van der Waals surface area contributed by atoms with Crippen LogP contribution in [0.15, 0.2) is 20.7 Å². The first-order valence-electron chi connectivity index (χ1n) is 1.43. The number of halogens is 2. The van der Waals surface area contributed by atoms with Gasteiger partial charge in [-0.3, -0.25) is 0 Å². The zero-order chi connectivity index (χ0) is 5.33. The van der Waals surface area contributed by atoms with E-state index in [0.717, 1.165) is 0 Å². The van der Waals surface area contributed by atoms with E-state index in [-0.39, 0.29) is 0 Å². The monoisotopic (exact) mass is 226 g/mol. The maximum absolute atomic E-state index is 3.49. The van der Waals surface area contributed by atoms with Gasteiger partial charge in [0.2, 0.25) is 0 Å². The van der Waals surface area contributed by atoms with E-state index in [1.165, 1.54) is 0 Å². The Kier molecular flexibility index (Phi) is 1.20. The highest BCUT2D eigenvalue weighted by atomic mass is 79.9. The third-order valence-electron chi connectivity index (χ3n) is 0.370. The number of nitrogens with zero attached hydrogens (tertiary/aromatic N) is 4. The molecule has 0 aromatic carbocycles. The molecular weight excluding hydrogens is 228 g/mol. The van der Waals surface area contributed by atoms with Crippen LogP contribution in [0.3, 0.4) is 0 Å². The fourth-order valence-electron chi connectivity index (χ4n) is 0.168. The first-order chi connectivity index (χ1) is 3.21. The zero-order valence-corrected chi connectivity index (χ0v) is 6.22. The van der Waals surface area contributed by atoms with Crippen molar-refractivity contribution in [3.8, 4) is 0 Å². The van der Waals surface area contributed by atoms with Crippen molar-refractivity contribution >= 4 is 31.9 Å². The van der Waals surface area contributed by atoms with E-state index in [1.54, 1.807) is 0 Å². The van der Waals surface area contributed by atoms with E-state index in [2.05, 4.69) is 52.5 Å². The summed E-state index contributed by atoms with van der Waals surface area (Å²) < 4.78 is -0.764. The molecule has 0 saturated heterocycles. The Bertz CT molecular complexity index is 112. The maximum Gasteiger partial charge on any atom is 0.302 e. The molecule has 0 spiro atoms. The van der Waals surface area contributed by atoms with Crippen molar-refractivity contribution in [3.05, 3.63) is 0 Å². The summed E-state index contributed by atoms with van der Waals surface area (Å²) in [6, 6.07) is 0. The van der Waals surface area contributed by atoms with Gasteiger partial charge in [0.05, 0.1) is 0 Å². The van der Waals surface area contributed by atoms with E-state index in [9.17, 15) is 0 Å². The van der Waals surface area contributed by atoms with Crippen LogP contribution in [0.25, 0.3) is 0 Å². The third-order valence-corrected chi connectivity index (χ3v) is 1.00. The van der Waals surface area contributed by atoms with E-state index >= 15 is 0 Å². The summed E-state index contributed by atoms with van der Waals surface area (Å²) >= 11 is 6.08. The molecule has 6 heteroatoms. The van der Waals surface area contributed by atoms with Crippen LogP contribution < -0.4 is 0 Å². The lowest BCUT2D eigenvalue weighted by Crippen LogP contribution is -1.94. The minimum atomic E-state index is -0.764. The van der Waals surface area contributed by atoms with Gasteiger partial charge in [0.1, 0.15) is 0 Å². The summed E-state index contributed by atoms with van der Waals surface area (Å²) in [6.45, 7) is 0. The predicted molar refractivity (Wildman–Crippen MR) is 30.3 cm³/mol. The molecule has 0 unspecified atom stereocenters. The quantitative estimate of drug-likeness (QED) is 0.450. The lowest BCUT2D eigenvalue weighted by Gasteiger charge is -1.94. The van der Waals surface area contributed by atoms with Crippen LogP contribution in [0.5, 0.6) is 0 Å². The van der Waals surface area contributed by atoms with Crippen molar-refractivity contribution in [1.82, 2.24) is 0 Å². The Balaban J connectivity index is 2.77. The fourth-order valence-corrected chi connectivity index (χ4v) is 0.451. The van der Waals surface area contributed by atoms with E-state index in [4.69, 9.17) is 0 Å². The normalized spacial score (nSPS) is 23.7. The zero-order valence-electron chi connectivity index (χ0n) is 3.04. The second-order valence-electron chi connectivity index (χ2n) is 0.888. The molecule has 0 bridgehead atoms. The Hall–Kier alpha value is 0.160. The number of rotatable bonds is 0. The van der Waals surface area contributed by atoms with Crippen molar-refractivity contribution in [2.75, 3.05) is 0 Å². The molecule has 1 heterocycles. The molecule has 0 aromatic rings. The van der Waals surface area contributed by atoms with Crippen molar-refractivity contribution in [2.24, 2.45) is 20.7 Å². The summed E-state index contributed by atoms with van der Waals surface area (Å²) in [5.41, 5.74) is 0. The summed E-state index contributed by atoms with van der Waals surface area (Å²) in [6.07, 6.45) is 0. The molecule has 1 aliphatic heterocycles. The van der Waals surface area contributed by atoms with E-state index < -0.39 is 3.48 Å². The van der Waals surface area contributed by atoms with E-state index in [1.807, 2.05) is 0 Å². The van der Waals surface area contributed by atoms with Gasteiger partial charge < -0.3 is 0 Å². The first kappa shape index (κ1) is 5.30. The van der Waals surface area contributed by atoms with Crippen molar-refractivity contribution < 1.29 is 0 Å². The fraction of sp³-hybridized carbons (Fsp3) is 1.00. The molecule has 0 amide bonds. The summed E-state index contributed by atoms with van der Waals surface area (Å²) in [7, 11) is 0. The number of hydrogen-bond acceptors (Lipinski definition) is 4. The lowest BCUT2D eigenvalue weighted by molar-refractivity contribution is 0.935. The highest BCUT2D eigenvalue weighted by molar-refractivity contribution is 9.25. The molecule has 7 heavy (non-hydrogen) atoms. The second kappa shape index (κ2) is 1.59. The molecule has 0 aromatic heterocycles. The third kappa shape index (κ3) is 1.27. The van der Waals surface area contributed by atoms with Crippen LogP contribution in [0, 0.1) is 0 Å². The Labute approximate surface area is 56.3 Å². The predicted octanol–water partition coefficient (Wildman–Crippen LogP) is 2.22. The molecule has 0 N–H and O–H groups in total. The van der Waals surface area contributed by atoms with Crippen molar-refractivity contribution in [2.45, 2.75) is 3.48 Å². The molecule has 1 aliphatic rings. The average molecular weight is 228 g/mol. The van der Waals surface area contributed by atoms with Gasteiger partial charge in [-0.2, -0.15) is 0 Å². The van der Waals surface area contributed by atoms with Crippen LogP contribution in [-0.2, 0) is 0 Å². The Morgan fingerprint density at radius 2 is 1.43 bits per heavy atom. The van der Waals surface area contributed by atoms with E-state index in [0.29, 0.717) is 0 Å². The molecule has 1 rings (SSSR count). The van der Waals surface area contributed by atoms with Crippen LogP contribution in [0.1, 0.15) is 0 Å². The van der Waals surface area contributed by atoms with Gasteiger partial charge >= 0.3 is 3.48 Å². The second-order valence-corrected chi connectivity index (χ2v) is 4.16. The largest absolute Gasteiger partial charge is 0.302 e. The van der Waals surface area contributed by atoms with Crippen LogP contribution in [-0.4, -0.2) is 3.48 Å². The highest BCUT2D eigenvalue weighted by Gasteiger charge is 2.23. The van der Waals surface area contributed by atoms with Gasteiger partial charge in [-0.1, -0.05) is 0 Å². The van der Waals surface area contributed by atoms with Gasteiger partial charge in [-0.25, -0.2) is 0 Å². The van der Waals surface area contributed by atoms with Crippen LogP contribution >= 0.6 is 31.9 Å². The summed E-state index contributed by atoms with van der Waals surface area (Å²) in [5, 5.41) is 13.4. The minimum absolute atomic E-state index is 0.764. The van der Waals surface area contributed by atoms with Gasteiger partial charge in [-0.15, -0.1) is 10.2 Å². The van der Waals surface area contributed by atoms with Gasteiger partial charge in [0.25, 0.3) is 0 Å². The minimum Gasteiger partial charge on any atom is -0.111 e. The average Bonchev–Trinajstić information content (AvgIpc) is 1.84. The van der Waals surface area contributed by atoms with Gasteiger partial charge in [-0.05, 0) is 42.3 Å². The summed E-state index contributed by atoms with van der Waals surface area (Å²) in [4.78, 5) is 0. The smallest absolute Gasteiger partial charge is 0.111 e. The first-order valence-corrected chi connectivity index (χ1v) is 3.01. The topological polar surface area (TPSA) is 49.4 Å². The molecule has 38 valence electrons. The molecule has 0 fully saturated rings. The SMILES string of the molecule is BrC1(Br)N=NN=N1. The molecule has 0 aliphatic carbocycles. The number of alkyl halides is 2. The van der Waals surface area contributed by atoms with Crippen molar-refractivity contribution in [1.29, 1.82) is 0 Å². The highest BCUT2D eigenvalue weighted by Crippen LogP contribution is 2.33.